The molecule has 84 valence electrons. The van der Waals surface area contributed by atoms with Gasteiger partial charge in [0.05, 0.1) is 0 Å². The van der Waals surface area contributed by atoms with E-state index in [0.717, 1.165) is 16.7 Å². The van der Waals surface area contributed by atoms with Crippen molar-refractivity contribution in [3.8, 4) is 0 Å². The molecule has 1 atom stereocenters. The second kappa shape index (κ2) is 4.40. The first-order chi connectivity index (χ1) is 7.58. The van der Waals surface area contributed by atoms with Crippen LogP contribution >= 0.6 is 11.3 Å². The first kappa shape index (κ1) is 11.4. The van der Waals surface area contributed by atoms with Crippen molar-refractivity contribution in [1.29, 1.82) is 0 Å². The number of aliphatic hydroxyl groups excluding tert-OH is 1. The van der Waals surface area contributed by atoms with Crippen molar-refractivity contribution >= 4 is 11.3 Å². The van der Waals surface area contributed by atoms with Crippen LogP contribution in [0.15, 0.2) is 29.6 Å². The Labute approximate surface area is 100 Å². The van der Waals surface area contributed by atoms with Crippen LogP contribution in [0.1, 0.15) is 33.2 Å². The molecule has 2 heteroatoms. The number of hydrogen-bond acceptors (Lipinski definition) is 2. The Morgan fingerprint density at radius 1 is 1.12 bits per heavy atom. The van der Waals surface area contributed by atoms with Gasteiger partial charge in [-0.05, 0) is 48.9 Å². The molecule has 1 heterocycles. The predicted octanol–water partition coefficient (Wildman–Crippen LogP) is 3.76. The predicted molar refractivity (Wildman–Crippen MR) is 69.0 cm³/mol. The van der Waals surface area contributed by atoms with Gasteiger partial charge in [0, 0.05) is 4.88 Å². The van der Waals surface area contributed by atoms with Crippen LogP contribution in [0.5, 0.6) is 0 Å². The molecule has 0 radical (unpaired) electrons. The van der Waals surface area contributed by atoms with Crippen LogP contribution in [0, 0.1) is 20.8 Å². The number of rotatable bonds is 2. The third kappa shape index (κ3) is 2.18. The molecule has 1 N–H and O–H groups in total. The van der Waals surface area contributed by atoms with E-state index in [1.165, 1.54) is 10.4 Å². The minimum Gasteiger partial charge on any atom is -0.384 e. The molecule has 1 aromatic heterocycles. The summed E-state index contributed by atoms with van der Waals surface area (Å²) in [5, 5.41) is 12.3. The number of benzene rings is 1. The summed E-state index contributed by atoms with van der Waals surface area (Å²) in [5.41, 5.74) is 4.34. The first-order valence-electron chi connectivity index (χ1n) is 5.38. The Bertz CT molecular complexity index is 499. The molecular formula is C14H16OS. The molecule has 0 saturated carbocycles. The highest BCUT2D eigenvalue weighted by Crippen LogP contribution is 2.28. The lowest BCUT2D eigenvalue weighted by molar-refractivity contribution is 0.220. The van der Waals surface area contributed by atoms with Gasteiger partial charge in [-0.3, -0.25) is 0 Å². The van der Waals surface area contributed by atoms with Crippen LogP contribution in [0.25, 0.3) is 0 Å². The van der Waals surface area contributed by atoms with Crippen LogP contribution < -0.4 is 0 Å². The summed E-state index contributed by atoms with van der Waals surface area (Å²) in [6, 6.07) is 8.25. The fraction of sp³-hybridized carbons (Fsp3) is 0.286. The van der Waals surface area contributed by atoms with Crippen LogP contribution in [0.4, 0.5) is 0 Å². The quantitative estimate of drug-likeness (QED) is 0.836. The average Bonchev–Trinajstić information content (AvgIpc) is 2.67. The summed E-state index contributed by atoms with van der Waals surface area (Å²) < 4.78 is 0. The topological polar surface area (TPSA) is 20.2 Å². The Balaban J connectivity index is 2.40. The summed E-state index contributed by atoms with van der Waals surface area (Å²) in [6.07, 6.45) is -0.496. The lowest BCUT2D eigenvalue weighted by atomic mass is 9.97. The minimum absolute atomic E-state index is 0.496. The molecule has 2 aromatic rings. The Morgan fingerprint density at radius 3 is 2.50 bits per heavy atom. The number of hydrogen-bond donors (Lipinski definition) is 1. The second-order valence-corrected chi connectivity index (χ2v) is 5.37. The van der Waals surface area contributed by atoms with Crippen LogP contribution in [0.2, 0.25) is 0 Å². The van der Waals surface area contributed by atoms with E-state index in [0.29, 0.717) is 0 Å². The molecule has 2 rings (SSSR count). The van der Waals surface area contributed by atoms with Crippen LogP contribution in [0.3, 0.4) is 0 Å². The average molecular weight is 232 g/mol. The molecule has 16 heavy (non-hydrogen) atoms. The third-order valence-corrected chi connectivity index (χ3v) is 3.68. The smallest absolute Gasteiger partial charge is 0.105 e. The third-order valence-electron chi connectivity index (χ3n) is 2.80. The standard InChI is InChI=1S/C14H16OS/c1-9-4-5-10(2)13(6-9)14(15)12-7-11(3)16-8-12/h4-8,14-15H,1-3H3. The SMILES string of the molecule is Cc1ccc(C)c(C(O)c2csc(C)c2)c1. The summed E-state index contributed by atoms with van der Waals surface area (Å²) in [4.78, 5) is 1.24. The van der Waals surface area contributed by atoms with Gasteiger partial charge in [0.1, 0.15) is 6.10 Å². The summed E-state index contributed by atoms with van der Waals surface area (Å²) >= 11 is 1.68. The number of thiophene rings is 1. The van der Waals surface area contributed by atoms with Crippen molar-refractivity contribution in [2.45, 2.75) is 26.9 Å². The monoisotopic (exact) mass is 232 g/mol. The molecule has 0 spiro atoms. The zero-order valence-corrected chi connectivity index (χ0v) is 10.6. The van der Waals surface area contributed by atoms with Crippen molar-refractivity contribution in [3.63, 3.8) is 0 Å². The van der Waals surface area contributed by atoms with E-state index in [2.05, 4.69) is 38.1 Å². The van der Waals surface area contributed by atoms with Gasteiger partial charge in [-0.2, -0.15) is 0 Å². The molecular weight excluding hydrogens is 216 g/mol. The first-order valence-corrected chi connectivity index (χ1v) is 6.26. The molecule has 1 aromatic carbocycles. The largest absolute Gasteiger partial charge is 0.384 e. The van der Waals surface area contributed by atoms with Gasteiger partial charge in [0.15, 0.2) is 0 Å². The van der Waals surface area contributed by atoms with Gasteiger partial charge in [-0.1, -0.05) is 23.8 Å². The molecule has 0 fully saturated rings. The van der Waals surface area contributed by atoms with E-state index in [4.69, 9.17) is 0 Å². The minimum atomic E-state index is -0.496. The van der Waals surface area contributed by atoms with E-state index in [-0.39, 0.29) is 0 Å². The molecule has 0 amide bonds. The van der Waals surface area contributed by atoms with E-state index in [1.807, 2.05) is 12.3 Å². The fourth-order valence-electron chi connectivity index (χ4n) is 1.84. The van der Waals surface area contributed by atoms with Gasteiger partial charge in [0.25, 0.3) is 0 Å². The highest BCUT2D eigenvalue weighted by Gasteiger charge is 2.13. The summed E-state index contributed by atoms with van der Waals surface area (Å²) in [7, 11) is 0. The summed E-state index contributed by atoms with van der Waals surface area (Å²) in [5.74, 6) is 0. The summed E-state index contributed by atoms with van der Waals surface area (Å²) in [6.45, 7) is 6.15. The fourth-order valence-corrected chi connectivity index (χ4v) is 2.56. The normalized spacial score (nSPS) is 12.8. The van der Waals surface area contributed by atoms with Crippen molar-refractivity contribution in [2.75, 3.05) is 0 Å². The van der Waals surface area contributed by atoms with E-state index < -0.39 is 6.10 Å². The lowest BCUT2D eigenvalue weighted by Gasteiger charge is -2.13. The lowest BCUT2D eigenvalue weighted by Crippen LogP contribution is -2.01. The maximum absolute atomic E-state index is 10.3. The molecule has 1 unspecified atom stereocenters. The van der Waals surface area contributed by atoms with Crippen LogP contribution in [-0.2, 0) is 0 Å². The zero-order valence-electron chi connectivity index (χ0n) is 9.82. The molecule has 0 saturated heterocycles. The van der Waals surface area contributed by atoms with Crippen LogP contribution in [-0.4, -0.2) is 5.11 Å². The molecule has 0 aliphatic rings. The van der Waals surface area contributed by atoms with Crippen molar-refractivity contribution in [3.05, 3.63) is 56.8 Å². The van der Waals surface area contributed by atoms with Gasteiger partial charge in [-0.25, -0.2) is 0 Å². The molecule has 0 aliphatic heterocycles. The maximum Gasteiger partial charge on any atom is 0.105 e. The van der Waals surface area contributed by atoms with Gasteiger partial charge in [0.2, 0.25) is 0 Å². The van der Waals surface area contributed by atoms with E-state index in [1.54, 1.807) is 11.3 Å². The van der Waals surface area contributed by atoms with Crippen molar-refractivity contribution < 1.29 is 5.11 Å². The molecule has 1 nitrogen and oxygen atoms in total. The van der Waals surface area contributed by atoms with Crippen molar-refractivity contribution in [2.24, 2.45) is 0 Å². The Morgan fingerprint density at radius 2 is 1.88 bits per heavy atom. The van der Waals surface area contributed by atoms with Gasteiger partial charge in [-0.15, -0.1) is 11.3 Å². The van der Waals surface area contributed by atoms with Crippen molar-refractivity contribution in [1.82, 2.24) is 0 Å². The number of aliphatic hydroxyl groups is 1. The van der Waals surface area contributed by atoms with Gasteiger partial charge >= 0.3 is 0 Å². The highest BCUT2D eigenvalue weighted by atomic mass is 32.1. The number of aryl methyl sites for hydroxylation is 3. The highest BCUT2D eigenvalue weighted by molar-refractivity contribution is 7.10. The van der Waals surface area contributed by atoms with Gasteiger partial charge < -0.3 is 5.11 Å². The molecule has 0 bridgehead atoms. The molecule has 0 aliphatic carbocycles. The van der Waals surface area contributed by atoms with E-state index in [9.17, 15) is 5.11 Å². The second-order valence-electron chi connectivity index (χ2n) is 4.25. The Hall–Kier alpha value is -1.12. The maximum atomic E-state index is 10.3. The van der Waals surface area contributed by atoms with E-state index >= 15 is 0 Å². The zero-order chi connectivity index (χ0) is 11.7. The Kier molecular flexibility index (Phi) is 3.13.